The number of carbonyl (C=O) groups excluding carboxylic acids is 1. The first-order chi connectivity index (χ1) is 9.83. The van der Waals surface area contributed by atoms with Crippen LogP contribution in [0.5, 0.6) is 5.75 Å². The number of carboxylic acid groups (broad SMARTS) is 1. The number of nitrogens with zero attached hydrogens (tertiary/aromatic N) is 2. The van der Waals surface area contributed by atoms with Crippen molar-refractivity contribution in [2.24, 2.45) is 0 Å². The van der Waals surface area contributed by atoms with E-state index >= 15 is 0 Å². The highest BCUT2D eigenvalue weighted by Gasteiger charge is 2.28. The Balaban J connectivity index is 3.12. The van der Waals surface area contributed by atoms with Crippen molar-refractivity contribution in [1.29, 1.82) is 0 Å². The number of amides is 2. The Kier molecular flexibility index (Phi) is 5.58. The summed E-state index contributed by atoms with van der Waals surface area (Å²) in [5.41, 5.74) is 1.41. The Bertz CT molecular complexity index is 530. The third-order valence-electron chi connectivity index (χ3n) is 3.47. The zero-order valence-electron chi connectivity index (χ0n) is 12.8. The van der Waals surface area contributed by atoms with Gasteiger partial charge in [-0.15, -0.1) is 0 Å². The largest absolute Gasteiger partial charge is 0.508 e. The molecule has 0 aliphatic carbocycles. The van der Waals surface area contributed by atoms with Crippen LogP contribution in [0.3, 0.4) is 0 Å². The minimum absolute atomic E-state index is 0.0646. The number of aromatic hydroxyl groups is 1. The molecule has 0 fully saturated rings. The number of carboxylic acids is 1. The highest BCUT2D eigenvalue weighted by Crippen LogP contribution is 2.26. The van der Waals surface area contributed by atoms with Gasteiger partial charge in [-0.3, -0.25) is 4.90 Å². The van der Waals surface area contributed by atoms with E-state index in [4.69, 9.17) is 5.11 Å². The summed E-state index contributed by atoms with van der Waals surface area (Å²) in [4.78, 5) is 26.4. The average Bonchev–Trinajstić information content (AvgIpc) is 2.43. The van der Waals surface area contributed by atoms with Crippen LogP contribution in [0, 0.1) is 6.92 Å². The van der Waals surface area contributed by atoms with Gasteiger partial charge in [-0.25, -0.2) is 9.59 Å². The molecule has 1 aromatic carbocycles. The predicted molar refractivity (Wildman–Crippen MR) is 80.7 cm³/mol. The summed E-state index contributed by atoms with van der Waals surface area (Å²) >= 11 is 0. The monoisotopic (exact) mass is 294 g/mol. The summed E-state index contributed by atoms with van der Waals surface area (Å²) in [6, 6.07) is 3.50. The Morgan fingerprint density at radius 1 is 1.29 bits per heavy atom. The van der Waals surface area contributed by atoms with Crippen molar-refractivity contribution >= 4 is 17.7 Å². The van der Waals surface area contributed by atoms with Gasteiger partial charge in [0, 0.05) is 19.7 Å². The van der Waals surface area contributed by atoms with Crippen LogP contribution >= 0.6 is 0 Å². The number of rotatable bonds is 5. The highest BCUT2D eigenvalue weighted by molar-refractivity contribution is 5.95. The maximum absolute atomic E-state index is 12.5. The topological polar surface area (TPSA) is 81.1 Å². The normalized spacial score (nSPS) is 11.8. The Morgan fingerprint density at radius 3 is 2.38 bits per heavy atom. The average molecular weight is 294 g/mol. The van der Waals surface area contributed by atoms with E-state index in [1.807, 2.05) is 6.92 Å². The van der Waals surface area contributed by atoms with Crippen LogP contribution in [0.1, 0.15) is 25.8 Å². The van der Waals surface area contributed by atoms with Gasteiger partial charge in [0.2, 0.25) is 0 Å². The van der Waals surface area contributed by atoms with Crippen LogP contribution in [0.25, 0.3) is 0 Å². The molecule has 116 valence electrons. The number of aliphatic carboxylic acids is 1. The summed E-state index contributed by atoms with van der Waals surface area (Å²) in [7, 11) is 1.48. The van der Waals surface area contributed by atoms with Gasteiger partial charge >= 0.3 is 12.0 Å². The molecule has 0 saturated carbocycles. The fourth-order valence-corrected chi connectivity index (χ4v) is 2.24. The number of hydrogen-bond acceptors (Lipinski definition) is 3. The molecule has 1 rings (SSSR count). The third-order valence-corrected chi connectivity index (χ3v) is 3.47. The SMILES string of the molecule is CCC(C(=O)O)N(C)C(=O)N(CC)c1cc(O)ccc1C. The van der Waals surface area contributed by atoms with E-state index in [-0.39, 0.29) is 5.75 Å². The van der Waals surface area contributed by atoms with Crippen LogP contribution in [0.4, 0.5) is 10.5 Å². The van der Waals surface area contributed by atoms with Crippen molar-refractivity contribution in [3.8, 4) is 5.75 Å². The van der Waals surface area contributed by atoms with Gasteiger partial charge in [0.1, 0.15) is 11.8 Å². The zero-order valence-corrected chi connectivity index (χ0v) is 12.8. The Morgan fingerprint density at radius 2 is 1.90 bits per heavy atom. The van der Waals surface area contributed by atoms with Crippen LogP contribution in [0.15, 0.2) is 18.2 Å². The molecule has 6 nitrogen and oxygen atoms in total. The summed E-state index contributed by atoms with van der Waals surface area (Å²) in [6.45, 7) is 5.73. The molecular formula is C15H22N2O4. The van der Waals surface area contributed by atoms with Gasteiger partial charge in [0.25, 0.3) is 0 Å². The molecule has 1 atom stereocenters. The number of carbonyl (C=O) groups is 2. The smallest absolute Gasteiger partial charge is 0.326 e. The quantitative estimate of drug-likeness (QED) is 0.874. The van der Waals surface area contributed by atoms with E-state index in [9.17, 15) is 14.7 Å². The fourth-order valence-electron chi connectivity index (χ4n) is 2.24. The van der Waals surface area contributed by atoms with E-state index in [2.05, 4.69) is 0 Å². The van der Waals surface area contributed by atoms with Crippen molar-refractivity contribution in [2.45, 2.75) is 33.2 Å². The standard InChI is InChI=1S/C15H22N2O4/c1-5-12(14(19)20)16(4)15(21)17(6-2)13-9-11(18)8-7-10(13)3/h7-9,12,18H,5-6H2,1-4H3,(H,19,20). The minimum atomic E-state index is -1.03. The Hall–Kier alpha value is -2.24. The van der Waals surface area contributed by atoms with Crippen molar-refractivity contribution in [2.75, 3.05) is 18.5 Å². The molecular weight excluding hydrogens is 272 g/mol. The first kappa shape index (κ1) is 16.8. The van der Waals surface area contributed by atoms with E-state index in [1.165, 1.54) is 22.9 Å². The molecule has 0 bridgehead atoms. The number of phenolic OH excluding ortho intramolecular Hbond substituents is 1. The van der Waals surface area contributed by atoms with Crippen LogP contribution in [-0.2, 0) is 4.79 Å². The van der Waals surface area contributed by atoms with Gasteiger partial charge < -0.3 is 15.1 Å². The zero-order chi connectivity index (χ0) is 16.2. The van der Waals surface area contributed by atoms with Crippen LogP contribution < -0.4 is 4.90 Å². The highest BCUT2D eigenvalue weighted by atomic mass is 16.4. The Labute approximate surface area is 124 Å². The molecule has 21 heavy (non-hydrogen) atoms. The number of hydrogen-bond donors (Lipinski definition) is 2. The number of likely N-dealkylation sites (N-methyl/N-ethyl adjacent to an activating group) is 1. The van der Waals surface area contributed by atoms with E-state index < -0.39 is 18.0 Å². The van der Waals surface area contributed by atoms with E-state index in [0.29, 0.717) is 18.7 Å². The maximum Gasteiger partial charge on any atom is 0.326 e. The molecule has 1 unspecified atom stereocenters. The fraction of sp³-hybridized carbons (Fsp3) is 0.467. The molecule has 2 N–H and O–H groups in total. The number of anilines is 1. The third kappa shape index (κ3) is 3.65. The second-order valence-electron chi connectivity index (χ2n) is 4.87. The lowest BCUT2D eigenvalue weighted by molar-refractivity contribution is -0.141. The lowest BCUT2D eigenvalue weighted by Gasteiger charge is -2.31. The molecule has 6 heteroatoms. The summed E-state index contributed by atoms with van der Waals surface area (Å²) < 4.78 is 0. The maximum atomic E-state index is 12.5. The van der Waals surface area contributed by atoms with E-state index in [0.717, 1.165) is 5.56 Å². The first-order valence-corrected chi connectivity index (χ1v) is 6.90. The minimum Gasteiger partial charge on any atom is -0.508 e. The molecule has 0 heterocycles. The molecule has 2 amide bonds. The van der Waals surface area contributed by atoms with Crippen molar-refractivity contribution in [1.82, 2.24) is 4.90 Å². The molecule has 0 aliphatic heterocycles. The summed E-state index contributed by atoms with van der Waals surface area (Å²) in [5.74, 6) is -0.966. The van der Waals surface area contributed by atoms with Crippen molar-refractivity contribution in [3.05, 3.63) is 23.8 Å². The van der Waals surface area contributed by atoms with E-state index in [1.54, 1.807) is 26.0 Å². The van der Waals surface area contributed by atoms with Crippen LogP contribution in [0.2, 0.25) is 0 Å². The first-order valence-electron chi connectivity index (χ1n) is 6.90. The molecule has 0 saturated heterocycles. The predicted octanol–water partition coefficient (Wildman–Crippen LogP) is 2.44. The second kappa shape index (κ2) is 6.97. The molecule has 0 spiro atoms. The number of urea groups is 1. The molecule has 1 aromatic rings. The van der Waals surface area contributed by atoms with Crippen molar-refractivity contribution in [3.63, 3.8) is 0 Å². The summed E-state index contributed by atoms with van der Waals surface area (Å²) in [6.07, 6.45) is 0.328. The van der Waals surface area contributed by atoms with Crippen molar-refractivity contribution < 1.29 is 19.8 Å². The lowest BCUT2D eigenvalue weighted by Crippen LogP contribution is -2.49. The second-order valence-corrected chi connectivity index (χ2v) is 4.87. The molecule has 0 aliphatic rings. The van der Waals surface area contributed by atoms with Gasteiger partial charge in [0.05, 0.1) is 5.69 Å². The van der Waals surface area contributed by atoms with Gasteiger partial charge in [0.15, 0.2) is 0 Å². The molecule has 0 radical (unpaired) electrons. The van der Waals surface area contributed by atoms with Gasteiger partial charge in [-0.2, -0.15) is 0 Å². The van der Waals surface area contributed by atoms with Crippen LogP contribution in [-0.4, -0.2) is 46.7 Å². The number of phenols is 1. The summed E-state index contributed by atoms with van der Waals surface area (Å²) in [5, 5.41) is 18.8. The van der Waals surface area contributed by atoms with Gasteiger partial charge in [-0.05, 0) is 31.9 Å². The molecule has 0 aromatic heterocycles. The van der Waals surface area contributed by atoms with Gasteiger partial charge in [-0.1, -0.05) is 13.0 Å². The number of benzene rings is 1. The lowest BCUT2D eigenvalue weighted by atomic mass is 10.1. The number of aryl methyl sites for hydroxylation is 1.